The number of hydrogen-bond donors (Lipinski definition) is 3. The molecular formula is C13H11BrClN3O2S. The molecule has 5 nitrogen and oxygen atoms in total. The van der Waals surface area contributed by atoms with Gasteiger partial charge in [0, 0.05) is 32.7 Å². The Bertz CT molecular complexity index is 666. The van der Waals surface area contributed by atoms with Gasteiger partial charge in [-0.05, 0) is 40.2 Å². The maximum Gasteiger partial charge on any atom is 0.248 e. The summed E-state index contributed by atoms with van der Waals surface area (Å²) in [6.45, 7) is 0.496. The van der Waals surface area contributed by atoms with Gasteiger partial charge < -0.3 is 16.8 Å². The number of primary amides is 2. The van der Waals surface area contributed by atoms with E-state index >= 15 is 0 Å². The molecule has 0 atom stereocenters. The van der Waals surface area contributed by atoms with E-state index in [9.17, 15) is 9.59 Å². The third-order valence-electron chi connectivity index (χ3n) is 2.66. The second kappa shape index (κ2) is 6.46. The number of amides is 2. The van der Waals surface area contributed by atoms with E-state index < -0.39 is 11.8 Å². The van der Waals surface area contributed by atoms with Crippen molar-refractivity contribution >= 4 is 56.4 Å². The minimum Gasteiger partial charge on any atom is -0.380 e. The maximum absolute atomic E-state index is 11.3. The van der Waals surface area contributed by atoms with E-state index in [4.69, 9.17) is 23.1 Å². The Morgan fingerprint density at radius 3 is 2.14 bits per heavy atom. The van der Waals surface area contributed by atoms with Crippen LogP contribution in [0.25, 0.3) is 0 Å². The number of halogens is 2. The van der Waals surface area contributed by atoms with Crippen molar-refractivity contribution in [3.05, 3.63) is 49.1 Å². The summed E-state index contributed by atoms with van der Waals surface area (Å²) in [5.41, 5.74) is 11.5. The van der Waals surface area contributed by atoms with Crippen LogP contribution in [0, 0.1) is 0 Å². The predicted octanol–water partition coefficient (Wildman–Crippen LogP) is 2.97. The average molecular weight is 389 g/mol. The number of benzene rings is 1. The van der Waals surface area contributed by atoms with Gasteiger partial charge in [-0.2, -0.15) is 0 Å². The number of thiophene rings is 1. The molecule has 1 aromatic carbocycles. The lowest BCUT2D eigenvalue weighted by atomic mass is 10.1. The van der Waals surface area contributed by atoms with Gasteiger partial charge in [-0.1, -0.05) is 11.6 Å². The first kappa shape index (κ1) is 15.8. The van der Waals surface area contributed by atoms with Crippen LogP contribution in [-0.4, -0.2) is 11.8 Å². The summed E-state index contributed by atoms with van der Waals surface area (Å²) >= 11 is 10.7. The minimum absolute atomic E-state index is 0.221. The molecule has 110 valence electrons. The molecule has 0 fully saturated rings. The monoisotopic (exact) mass is 387 g/mol. The number of anilines is 1. The van der Waals surface area contributed by atoms with Gasteiger partial charge in [-0.15, -0.1) is 11.3 Å². The van der Waals surface area contributed by atoms with Crippen LogP contribution in [0.4, 0.5) is 5.69 Å². The van der Waals surface area contributed by atoms with E-state index in [1.165, 1.54) is 17.4 Å². The van der Waals surface area contributed by atoms with Crippen LogP contribution >= 0.6 is 38.9 Å². The number of rotatable bonds is 5. The molecule has 2 rings (SSSR count). The first-order valence-corrected chi connectivity index (χ1v) is 7.78. The Labute approximate surface area is 138 Å². The molecule has 0 aliphatic carbocycles. The second-order valence-electron chi connectivity index (χ2n) is 4.22. The maximum atomic E-state index is 11.3. The van der Waals surface area contributed by atoms with Crippen LogP contribution in [0.2, 0.25) is 4.34 Å². The number of nitrogens with one attached hydrogen (secondary N) is 1. The van der Waals surface area contributed by atoms with Crippen LogP contribution in [0.15, 0.2) is 28.7 Å². The Morgan fingerprint density at radius 1 is 1.14 bits per heavy atom. The van der Waals surface area contributed by atoms with Crippen molar-refractivity contribution < 1.29 is 9.59 Å². The highest BCUT2D eigenvalue weighted by Gasteiger charge is 2.10. The molecule has 0 aliphatic rings. The summed E-state index contributed by atoms with van der Waals surface area (Å²) in [5, 5.41) is 3.11. The zero-order valence-electron chi connectivity index (χ0n) is 10.7. The molecule has 0 aliphatic heterocycles. The van der Waals surface area contributed by atoms with E-state index in [0.29, 0.717) is 16.6 Å². The van der Waals surface area contributed by atoms with Crippen molar-refractivity contribution in [3.8, 4) is 0 Å². The van der Waals surface area contributed by atoms with Gasteiger partial charge in [0.25, 0.3) is 0 Å². The number of carbonyl (C=O) groups excluding carboxylic acids is 2. The molecule has 21 heavy (non-hydrogen) atoms. The lowest BCUT2D eigenvalue weighted by molar-refractivity contribution is 0.0999. The summed E-state index contributed by atoms with van der Waals surface area (Å²) in [6.07, 6.45) is 0. The van der Waals surface area contributed by atoms with Gasteiger partial charge in [0.15, 0.2) is 0 Å². The van der Waals surface area contributed by atoms with Gasteiger partial charge in [0.2, 0.25) is 11.8 Å². The fourth-order valence-corrected chi connectivity index (χ4v) is 3.41. The molecule has 1 heterocycles. The highest BCUT2D eigenvalue weighted by atomic mass is 79.9. The lowest BCUT2D eigenvalue weighted by Crippen LogP contribution is -2.16. The van der Waals surface area contributed by atoms with Gasteiger partial charge in [-0.3, -0.25) is 9.59 Å². The molecular weight excluding hydrogens is 378 g/mol. The van der Waals surface area contributed by atoms with Gasteiger partial charge in [0.1, 0.15) is 4.34 Å². The van der Waals surface area contributed by atoms with Crippen LogP contribution < -0.4 is 16.8 Å². The summed E-state index contributed by atoms with van der Waals surface area (Å²) in [5.74, 6) is -1.24. The quantitative estimate of drug-likeness (QED) is 0.734. The smallest absolute Gasteiger partial charge is 0.248 e. The van der Waals surface area contributed by atoms with Crippen molar-refractivity contribution in [1.82, 2.24) is 0 Å². The lowest BCUT2D eigenvalue weighted by Gasteiger charge is -2.08. The van der Waals surface area contributed by atoms with Crippen LogP contribution in [0.1, 0.15) is 25.6 Å². The summed E-state index contributed by atoms with van der Waals surface area (Å²) in [7, 11) is 0. The molecule has 0 radical (unpaired) electrons. The van der Waals surface area contributed by atoms with Crippen molar-refractivity contribution in [1.29, 1.82) is 0 Å². The fourth-order valence-electron chi connectivity index (χ4n) is 1.68. The summed E-state index contributed by atoms with van der Waals surface area (Å²) in [4.78, 5) is 23.5. The normalized spacial score (nSPS) is 10.4. The van der Waals surface area contributed by atoms with E-state index in [2.05, 4.69) is 21.2 Å². The zero-order chi connectivity index (χ0) is 15.6. The molecule has 0 saturated heterocycles. The minimum atomic E-state index is -0.622. The van der Waals surface area contributed by atoms with Crippen LogP contribution in [0.3, 0.4) is 0 Å². The SMILES string of the molecule is NC(=O)c1cc(NCc2cc(Br)c(Cl)s2)cc(C(N)=O)c1. The molecule has 0 bridgehead atoms. The van der Waals surface area contributed by atoms with Crippen molar-refractivity contribution in [2.24, 2.45) is 11.5 Å². The Balaban J connectivity index is 2.22. The Kier molecular flexibility index (Phi) is 4.87. The van der Waals surface area contributed by atoms with Crippen molar-refractivity contribution in [3.63, 3.8) is 0 Å². The van der Waals surface area contributed by atoms with Gasteiger partial charge in [0.05, 0.1) is 0 Å². The Morgan fingerprint density at radius 2 is 1.71 bits per heavy atom. The van der Waals surface area contributed by atoms with Gasteiger partial charge >= 0.3 is 0 Å². The van der Waals surface area contributed by atoms with E-state index in [0.717, 1.165) is 9.35 Å². The Hall–Kier alpha value is -1.57. The molecule has 8 heteroatoms. The molecule has 2 aromatic rings. The highest BCUT2D eigenvalue weighted by molar-refractivity contribution is 9.10. The van der Waals surface area contributed by atoms with Gasteiger partial charge in [-0.25, -0.2) is 0 Å². The average Bonchev–Trinajstić information content (AvgIpc) is 2.75. The number of carbonyl (C=O) groups is 2. The predicted molar refractivity (Wildman–Crippen MR) is 87.8 cm³/mol. The van der Waals surface area contributed by atoms with Crippen molar-refractivity contribution in [2.45, 2.75) is 6.54 Å². The van der Waals surface area contributed by atoms with E-state index in [-0.39, 0.29) is 11.1 Å². The standard InChI is InChI=1S/C13H11BrClN3O2S/c14-10-4-9(21-11(10)15)5-18-8-2-6(12(16)19)1-7(3-8)13(17)20/h1-4,18H,5H2,(H2,16,19)(H2,17,20). The topological polar surface area (TPSA) is 98.2 Å². The molecule has 2 amide bonds. The van der Waals surface area contributed by atoms with Crippen molar-refractivity contribution in [2.75, 3.05) is 5.32 Å². The fraction of sp³-hybridized carbons (Fsp3) is 0.0769. The largest absolute Gasteiger partial charge is 0.380 e. The van der Waals surface area contributed by atoms with Crippen LogP contribution in [0.5, 0.6) is 0 Å². The third kappa shape index (κ3) is 3.96. The third-order valence-corrected chi connectivity index (χ3v) is 5.14. The first-order valence-electron chi connectivity index (χ1n) is 5.79. The summed E-state index contributed by atoms with van der Waals surface area (Å²) in [6, 6.07) is 6.40. The first-order chi connectivity index (χ1) is 9.86. The second-order valence-corrected chi connectivity index (χ2v) is 6.81. The highest BCUT2D eigenvalue weighted by Crippen LogP contribution is 2.32. The zero-order valence-corrected chi connectivity index (χ0v) is 13.8. The summed E-state index contributed by atoms with van der Waals surface area (Å²) < 4.78 is 1.49. The molecule has 1 aromatic heterocycles. The molecule has 5 N–H and O–H groups in total. The van der Waals surface area contributed by atoms with E-state index in [1.54, 1.807) is 12.1 Å². The number of nitrogens with two attached hydrogens (primary N) is 2. The van der Waals surface area contributed by atoms with Crippen LogP contribution in [-0.2, 0) is 6.54 Å². The molecule has 0 unspecified atom stereocenters. The number of hydrogen-bond acceptors (Lipinski definition) is 4. The van der Waals surface area contributed by atoms with E-state index in [1.807, 2.05) is 6.07 Å². The molecule has 0 spiro atoms. The molecule has 0 saturated carbocycles.